The van der Waals surface area contributed by atoms with E-state index in [-0.39, 0.29) is 29.9 Å². The van der Waals surface area contributed by atoms with Crippen LogP contribution in [0.15, 0.2) is 72.8 Å². The summed E-state index contributed by atoms with van der Waals surface area (Å²) in [4.78, 5) is 29.3. The summed E-state index contributed by atoms with van der Waals surface area (Å²) in [6.07, 6.45) is 14.5. The first-order valence-corrected chi connectivity index (χ1v) is 14.3. The number of amides is 3. The van der Waals surface area contributed by atoms with Crippen molar-refractivity contribution in [2.24, 2.45) is 17.8 Å². The number of benzene rings is 2. The number of anilines is 2. The van der Waals surface area contributed by atoms with E-state index in [0.717, 1.165) is 56.5 Å². The number of carbonyl (C=O) groups excluding carboxylic acids is 2. The molecule has 2 aromatic carbocycles. The zero-order chi connectivity index (χ0) is 26.8. The number of rotatable bonds is 5. The zero-order valence-electron chi connectivity index (χ0n) is 22.5. The number of nitrogens with one attached hydrogen (secondary N) is 3. The lowest BCUT2D eigenvalue weighted by molar-refractivity contribution is -0.138. The molecule has 1 saturated heterocycles. The van der Waals surface area contributed by atoms with Gasteiger partial charge >= 0.3 is 6.03 Å². The fraction of sp³-hybridized carbons (Fsp3) is 0.438. The number of likely N-dealkylation sites (tertiary alicyclic amines) is 1. The third-order valence-electron chi connectivity index (χ3n) is 9.01. The molecule has 2 heterocycles. The lowest BCUT2D eigenvalue weighted by Crippen LogP contribution is -2.51. The van der Waals surface area contributed by atoms with Gasteiger partial charge < -0.3 is 25.6 Å². The normalized spacial score (nSPS) is 29.1. The molecular formula is C32H38N4O3. The topological polar surface area (TPSA) is 82.7 Å². The van der Waals surface area contributed by atoms with E-state index in [1.807, 2.05) is 24.3 Å². The van der Waals surface area contributed by atoms with Crippen LogP contribution in [0.5, 0.6) is 5.75 Å². The summed E-state index contributed by atoms with van der Waals surface area (Å²) in [7, 11) is 1.62. The summed E-state index contributed by atoms with van der Waals surface area (Å²) < 4.78 is 5.20. The van der Waals surface area contributed by atoms with E-state index in [4.69, 9.17) is 4.74 Å². The van der Waals surface area contributed by atoms with Gasteiger partial charge in [0.05, 0.1) is 19.1 Å². The maximum Gasteiger partial charge on any atom is 0.319 e. The van der Waals surface area contributed by atoms with Crippen LogP contribution < -0.4 is 20.7 Å². The monoisotopic (exact) mass is 526 g/mol. The number of para-hydroxylation sites is 1. The number of urea groups is 1. The van der Waals surface area contributed by atoms with Gasteiger partial charge in [-0.2, -0.15) is 0 Å². The Hall–Kier alpha value is -3.74. The molecule has 1 unspecified atom stereocenters. The quantitative estimate of drug-likeness (QED) is 0.454. The highest BCUT2D eigenvalue weighted by atomic mass is 16.5. The van der Waals surface area contributed by atoms with E-state index in [1.54, 1.807) is 7.11 Å². The van der Waals surface area contributed by atoms with Crippen molar-refractivity contribution in [1.82, 2.24) is 10.2 Å². The van der Waals surface area contributed by atoms with E-state index < -0.39 is 0 Å². The van der Waals surface area contributed by atoms with E-state index in [9.17, 15) is 9.59 Å². The number of ether oxygens (including phenoxy) is 1. The van der Waals surface area contributed by atoms with Gasteiger partial charge in [-0.15, -0.1) is 0 Å². The van der Waals surface area contributed by atoms with Crippen molar-refractivity contribution in [3.8, 4) is 5.75 Å². The summed E-state index contributed by atoms with van der Waals surface area (Å²) in [5.74, 6) is 1.49. The fourth-order valence-electron chi connectivity index (χ4n) is 7.12. The Bertz CT molecular complexity index is 1260. The predicted octanol–water partition coefficient (Wildman–Crippen LogP) is 5.89. The third kappa shape index (κ3) is 5.14. The molecule has 0 bridgehead atoms. The van der Waals surface area contributed by atoms with Crippen LogP contribution in [0.1, 0.15) is 50.1 Å². The highest BCUT2D eigenvalue weighted by Crippen LogP contribution is 2.49. The fourth-order valence-corrected chi connectivity index (χ4v) is 7.12. The molecule has 0 spiro atoms. The van der Waals surface area contributed by atoms with Crippen LogP contribution in [0.4, 0.5) is 16.2 Å². The van der Waals surface area contributed by atoms with Crippen molar-refractivity contribution in [3.63, 3.8) is 0 Å². The Kier molecular flexibility index (Phi) is 7.31. The molecule has 0 radical (unpaired) electrons. The number of nitrogens with zero attached hydrogens (tertiary/aromatic N) is 1. The summed E-state index contributed by atoms with van der Waals surface area (Å²) in [6.45, 7) is 0.758. The molecule has 6 atom stereocenters. The van der Waals surface area contributed by atoms with Gasteiger partial charge in [0, 0.05) is 41.8 Å². The number of allylic oxidation sites excluding steroid dienone is 3. The standard InChI is InChI=1S/C32H38N4O3/c1-39-23-17-15-22(16-18-23)33-32(38)35-28-14-8-6-12-25(28)31(37)36-20-19-26-29(21-9-3-2-4-10-21)34-27-13-7-5-11-24(27)30(26)36/h2-5,7,9,11,13,15-18,21,25-26,28-30,34H,6,8,10,12,14,19-20H2,1H3,(H2,33,35,38)/t21?,25-,26+,28+,29-,30-/m0/s1. The zero-order valence-corrected chi connectivity index (χ0v) is 22.5. The Morgan fingerprint density at radius 1 is 1.00 bits per heavy atom. The molecule has 3 N–H and O–H groups in total. The van der Waals surface area contributed by atoms with Gasteiger partial charge in [0.25, 0.3) is 0 Å². The minimum atomic E-state index is -0.270. The third-order valence-corrected chi connectivity index (χ3v) is 9.01. The Morgan fingerprint density at radius 2 is 1.82 bits per heavy atom. The molecule has 2 aliphatic heterocycles. The largest absolute Gasteiger partial charge is 0.497 e. The van der Waals surface area contributed by atoms with Gasteiger partial charge in [-0.05, 0) is 61.6 Å². The maximum atomic E-state index is 14.3. The lowest BCUT2D eigenvalue weighted by atomic mass is 9.75. The van der Waals surface area contributed by atoms with Crippen LogP contribution in [-0.2, 0) is 4.79 Å². The van der Waals surface area contributed by atoms with Crippen molar-refractivity contribution in [3.05, 3.63) is 78.4 Å². The van der Waals surface area contributed by atoms with Crippen molar-refractivity contribution in [2.45, 2.75) is 56.7 Å². The minimum absolute atomic E-state index is 0.0648. The molecule has 7 nitrogen and oxygen atoms in total. The first-order chi connectivity index (χ1) is 19.1. The molecule has 0 aromatic heterocycles. The van der Waals surface area contributed by atoms with Crippen LogP contribution in [-0.4, -0.2) is 42.6 Å². The highest BCUT2D eigenvalue weighted by Gasteiger charge is 2.49. The van der Waals surface area contributed by atoms with Crippen LogP contribution in [0.2, 0.25) is 0 Å². The van der Waals surface area contributed by atoms with Gasteiger partial charge in [0.2, 0.25) is 5.91 Å². The number of hydrogen-bond acceptors (Lipinski definition) is 4. The Morgan fingerprint density at radius 3 is 2.62 bits per heavy atom. The second-order valence-electron chi connectivity index (χ2n) is 11.2. The van der Waals surface area contributed by atoms with Gasteiger partial charge in [-0.3, -0.25) is 4.79 Å². The van der Waals surface area contributed by atoms with E-state index in [2.05, 4.69) is 69.4 Å². The van der Waals surface area contributed by atoms with Crippen LogP contribution in [0.3, 0.4) is 0 Å². The average Bonchev–Trinajstić information content (AvgIpc) is 3.43. The number of methoxy groups -OCH3 is 1. The molecule has 204 valence electrons. The smallest absolute Gasteiger partial charge is 0.319 e. The van der Waals surface area contributed by atoms with Crippen molar-refractivity contribution in [1.29, 1.82) is 0 Å². The Balaban J connectivity index is 1.19. The van der Waals surface area contributed by atoms with Crippen molar-refractivity contribution >= 4 is 23.3 Å². The molecule has 3 amide bonds. The number of hydrogen-bond donors (Lipinski definition) is 3. The Labute approximate surface area is 230 Å². The molecule has 7 heteroatoms. The predicted molar refractivity (Wildman–Crippen MR) is 154 cm³/mol. The first kappa shape index (κ1) is 25.5. The van der Waals surface area contributed by atoms with Gasteiger partial charge in [0.15, 0.2) is 0 Å². The van der Waals surface area contributed by atoms with E-state index in [1.165, 1.54) is 5.56 Å². The highest BCUT2D eigenvalue weighted by molar-refractivity contribution is 5.90. The maximum absolute atomic E-state index is 14.3. The first-order valence-electron chi connectivity index (χ1n) is 14.3. The summed E-state index contributed by atoms with van der Waals surface area (Å²) in [6, 6.07) is 15.6. The molecule has 39 heavy (non-hydrogen) atoms. The van der Waals surface area contributed by atoms with E-state index >= 15 is 0 Å². The second kappa shape index (κ2) is 11.2. The molecule has 6 rings (SSSR count). The second-order valence-corrected chi connectivity index (χ2v) is 11.2. The molecule has 4 aliphatic rings. The molecular weight excluding hydrogens is 488 g/mol. The number of fused-ring (bicyclic) bond motifs is 3. The minimum Gasteiger partial charge on any atom is -0.497 e. The summed E-state index contributed by atoms with van der Waals surface area (Å²) in [5, 5.41) is 9.91. The number of carbonyl (C=O) groups is 2. The van der Waals surface area contributed by atoms with Gasteiger partial charge in [-0.1, -0.05) is 55.3 Å². The average molecular weight is 527 g/mol. The van der Waals surface area contributed by atoms with Crippen LogP contribution in [0, 0.1) is 17.8 Å². The van der Waals surface area contributed by atoms with Gasteiger partial charge in [-0.25, -0.2) is 4.79 Å². The molecule has 2 aromatic rings. The van der Waals surface area contributed by atoms with Crippen molar-refractivity contribution in [2.75, 3.05) is 24.3 Å². The van der Waals surface area contributed by atoms with E-state index in [0.29, 0.717) is 23.6 Å². The lowest BCUT2D eigenvalue weighted by Gasteiger charge is -2.44. The van der Waals surface area contributed by atoms with Crippen molar-refractivity contribution < 1.29 is 14.3 Å². The molecule has 2 aliphatic carbocycles. The summed E-state index contributed by atoms with van der Waals surface area (Å²) >= 11 is 0. The van der Waals surface area contributed by atoms with Crippen LogP contribution >= 0.6 is 0 Å². The van der Waals surface area contributed by atoms with Gasteiger partial charge in [0.1, 0.15) is 5.75 Å². The molecule has 2 fully saturated rings. The molecule has 1 saturated carbocycles. The van der Waals surface area contributed by atoms with Crippen LogP contribution in [0.25, 0.3) is 0 Å². The SMILES string of the molecule is COc1ccc(NC(=O)N[C@@H]2CCCC[C@@H]2C(=O)N2CC[C@@H]3[C@H](C4C=CC=CC4)Nc4ccccc4[C@@H]32)cc1. The summed E-state index contributed by atoms with van der Waals surface area (Å²) in [5.41, 5.74) is 3.06.